The maximum absolute atomic E-state index is 14.0. The minimum atomic E-state index is -4.25. The van der Waals surface area contributed by atoms with E-state index in [0.717, 1.165) is 28.4 Å². The molecule has 3 aromatic rings. The van der Waals surface area contributed by atoms with Crippen LogP contribution in [0, 0.1) is 18.6 Å². The van der Waals surface area contributed by atoms with Gasteiger partial charge in [-0.25, -0.2) is 17.2 Å². The van der Waals surface area contributed by atoms with Gasteiger partial charge in [-0.2, -0.15) is 0 Å². The minimum absolute atomic E-state index is 0.106. The average molecular weight is 475 g/mol. The number of hydrogen-bond donors (Lipinski definition) is 1. The number of carbonyl (C=O) groups excluding carboxylic acids is 1. The zero-order chi connectivity index (χ0) is 24.2. The number of sulfonamides is 1. The molecule has 0 bridgehead atoms. The quantitative estimate of drug-likeness (QED) is 0.515. The summed E-state index contributed by atoms with van der Waals surface area (Å²) in [6, 6.07) is 14.1. The van der Waals surface area contributed by atoms with E-state index in [9.17, 15) is 22.0 Å². The Morgan fingerprint density at radius 3 is 2.33 bits per heavy atom. The van der Waals surface area contributed by atoms with E-state index in [2.05, 4.69) is 5.32 Å². The van der Waals surface area contributed by atoms with Crippen LogP contribution in [-0.2, 0) is 21.2 Å². The third-order valence-corrected chi connectivity index (χ3v) is 6.81. The molecule has 33 heavy (non-hydrogen) atoms. The molecule has 174 valence electrons. The lowest BCUT2D eigenvalue weighted by Crippen LogP contribution is -2.38. The Balaban J connectivity index is 2.02. The predicted octanol–water partition coefficient (Wildman–Crippen LogP) is 4.68. The molecule has 0 atom stereocenters. The second-order valence-corrected chi connectivity index (χ2v) is 9.19. The van der Waals surface area contributed by atoms with Crippen molar-refractivity contribution >= 4 is 27.3 Å². The van der Waals surface area contributed by atoms with E-state index in [4.69, 9.17) is 4.74 Å². The second kappa shape index (κ2) is 9.99. The highest BCUT2D eigenvalue weighted by Gasteiger charge is 2.30. The van der Waals surface area contributed by atoms with Gasteiger partial charge >= 0.3 is 0 Å². The first-order chi connectivity index (χ1) is 15.6. The van der Waals surface area contributed by atoms with Crippen molar-refractivity contribution in [2.24, 2.45) is 0 Å². The summed E-state index contributed by atoms with van der Waals surface area (Å²) in [4.78, 5) is 12.6. The number of benzene rings is 3. The zero-order valence-corrected chi connectivity index (χ0v) is 19.2. The van der Waals surface area contributed by atoms with Gasteiger partial charge in [0.2, 0.25) is 5.91 Å². The predicted molar refractivity (Wildman–Crippen MR) is 123 cm³/mol. The Bertz CT molecular complexity index is 1260. The molecule has 0 aliphatic rings. The van der Waals surface area contributed by atoms with Crippen LogP contribution in [0.15, 0.2) is 65.6 Å². The van der Waals surface area contributed by atoms with Gasteiger partial charge in [-0.15, -0.1) is 0 Å². The number of amides is 1. The second-order valence-electron chi connectivity index (χ2n) is 7.36. The molecule has 3 aromatic carbocycles. The molecule has 0 fully saturated rings. The monoisotopic (exact) mass is 474 g/mol. The molecular formula is C24H24F2N2O4S. The summed E-state index contributed by atoms with van der Waals surface area (Å²) in [6.07, 6.45) is 0.753. The molecule has 1 N–H and O–H groups in total. The van der Waals surface area contributed by atoms with Gasteiger partial charge in [-0.05, 0) is 60.9 Å². The lowest BCUT2D eigenvalue weighted by molar-refractivity contribution is -0.114. The van der Waals surface area contributed by atoms with Gasteiger partial charge < -0.3 is 10.1 Å². The van der Waals surface area contributed by atoms with Gasteiger partial charge in [-0.3, -0.25) is 9.10 Å². The van der Waals surface area contributed by atoms with E-state index in [-0.39, 0.29) is 22.0 Å². The fourth-order valence-electron chi connectivity index (χ4n) is 3.23. The third kappa shape index (κ3) is 5.48. The van der Waals surface area contributed by atoms with Gasteiger partial charge in [0.05, 0.1) is 18.5 Å². The summed E-state index contributed by atoms with van der Waals surface area (Å²) >= 11 is 0. The summed E-state index contributed by atoms with van der Waals surface area (Å²) in [7, 11) is -2.89. The van der Waals surface area contributed by atoms with Crippen molar-refractivity contribution < 1.29 is 26.7 Å². The largest absolute Gasteiger partial charge is 0.495 e. The van der Waals surface area contributed by atoms with Crippen molar-refractivity contribution in [1.29, 1.82) is 0 Å². The van der Waals surface area contributed by atoms with Crippen LogP contribution in [0.3, 0.4) is 0 Å². The highest BCUT2D eigenvalue weighted by Crippen LogP contribution is 2.31. The molecular weight excluding hydrogens is 450 g/mol. The topological polar surface area (TPSA) is 75.7 Å². The van der Waals surface area contributed by atoms with Gasteiger partial charge in [0.15, 0.2) is 0 Å². The number of nitrogens with zero attached hydrogens (tertiary/aromatic N) is 1. The summed E-state index contributed by atoms with van der Waals surface area (Å²) in [6.45, 7) is 3.07. The van der Waals surface area contributed by atoms with Crippen LogP contribution in [0.4, 0.5) is 20.2 Å². The molecule has 3 rings (SSSR count). The summed E-state index contributed by atoms with van der Waals surface area (Å²) in [5.41, 5.74) is 1.68. The molecule has 0 unspecified atom stereocenters. The SMILES string of the molecule is CCc1ccc(N(CC(=O)Nc2ccc(F)cc2F)S(=O)(=O)c2cc(C)ccc2OC)cc1. The fourth-order valence-corrected chi connectivity index (χ4v) is 4.89. The van der Waals surface area contributed by atoms with E-state index >= 15 is 0 Å². The van der Waals surface area contributed by atoms with E-state index in [0.29, 0.717) is 11.6 Å². The molecule has 0 saturated heterocycles. The number of ether oxygens (including phenoxy) is 1. The molecule has 0 spiro atoms. The van der Waals surface area contributed by atoms with Crippen LogP contribution >= 0.6 is 0 Å². The first-order valence-electron chi connectivity index (χ1n) is 10.2. The fraction of sp³-hybridized carbons (Fsp3) is 0.208. The number of nitrogens with one attached hydrogen (secondary N) is 1. The minimum Gasteiger partial charge on any atom is -0.495 e. The maximum atomic E-state index is 14.0. The number of hydrogen-bond acceptors (Lipinski definition) is 4. The molecule has 6 nitrogen and oxygen atoms in total. The number of aryl methyl sites for hydroxylation is 2. The van der Waals surface area contributed by atoms with Crippen LogP contribution in [0.5, 0.6) is 5.75 Å². The van der Waals surface area contributed by atoms with Crippen LogP contribution < -0.4 is 14.4 Å². The maximum Gasteiger partial charge on any atom is 0.268 e. The van der Waals surface area contributed by atoms with Crippen LogP contribution in [0.25, 0.3) is 0 Å². The standard InChI is InChI=1S/C24H24F2N2O4S/c1-4-17-6-9-19(10-7-17)28(15-24(29)27-21-11-8-18(25)14-20(21)26)33(30,31)23-13-16(2)5-12-22(23)32-3/h5-14H,4,15H2,1-3H3,(H,27,29). The molecule has 0 aliphatic carbocycles. The molecule has 0 aliphatic heterocycles. The van der Waals surface area contributed by atoms with Crippen LogP contribution in [0.1, 0.15) is 18.1 Å². The van der Waals surface area contributed by atoms with Crippen molar-refractivity contribution in [3.05, 3.63) is 83.4 Å². The van der Waals surface area contributed by atoms with E-state index in [1.165, 1.54) is 19.2 Å². The molecule has 0 heterocycles. The number of rotatable bonds is 8. The smallest absolute Gasteiger partial charge is 0.268 e. The number of halogens is 2. The van der Waals surface area contributed by atoms with Crippen LogP contribution in [0.2, 0.25) is 0 Å². The first-order valence-corrected chi connectivity index (χ1v) is 11.6. The van der Waals surface area contributed by atoms with Crippen molar-refractivity contribution in [3.8, 4) is 5.75 Å². The molecule has 9 heteroatoms. The van der Waals surface area contributed by atoms with E-state index in [1.807, 2.05) is 6.92 Å². The average Bonchev–Trinajstić information content (AvgIpc) is 2.79. The highest BCUT2D eigenvalue weighted by molar-refractivity contribution is 7.93. The van der Waals surface area contributed by atoms with Gasteiger partial charge in [0.1, 0.15) is 28.8 Å². The Kier molecular flexibility index (Phi) is 7.33. The normalized spacial score (nSPS) is 11.2. The summed E-state index contributed by atoms with van der Waals surface area (Å²) in [5.74, 6) is -2.43. The highest BCUT2D eigenvalue weighted by atomic mass is 32.2. The van der Waals surface area contributed by atoms with E-state index < -0.39 is 34.1 Å². The molecule has 0 radical (unpaired) electrons. The summed E-state index contributed by atoms with van der Waals surface area (Å²) in [5, 5.41) is 2.31. The lowest BCUT2D eigenvalue weighted by Gasteiger charge is -2.25. The van der Waals surface area contributed by atoms with Crippen molar-refractivity contribution in [2.45, 2.75) is 25.2 Å². The van der Waals surface area contributed by atoms with Crippen LogP contribution in [-0.4, -0.2) is 28.0 Å². The number of methoxy groups -OCH3 is 1. The molecule has 1 amide bonds. The number of anilines is 2. The molecule has 0 aromatic heterocycles. The lowest BCUT2D eigenvalue weighted by atomic mass is 10.1. The molecule has 0 saturated carbocycles. The van der Waals surface area contributed by atoms with Crippen molar-refractivity contribution in [1.82, 2.24) is 0 Å². The Labute approximate surface area is 191 Å². The van der Waals surface area contributed by atoms with Gasteiger partial charge in [0.25, 0.3) is 10.0 Å². The van der Waals surface area contributed by atoms with E-state index in [1.54, 1.807) is 37.3 Å². The first kappa shape index (κ1) is 24.2. The van der Waals surface area contributed by atoms with Crippen molar-refractivity contribution in [3.63, 3.8) is 0 Å². The zero-order valence-electron chi connectivity index (χ0n) is 18.4. The number of carbonyl (C=O) groups is 1. The third-order valence-electron chi connectivity index (χ3n) is 5.01. The van der Waals surface area contributed by atoms with Gasteiger partial charge in [-0.1, -0.05) is 25.1 Å². The Morgan fingerprint density at radius 2 is 1.73 bits per heavy atom. The van der Waals surface area contributed by atoms with Gasteiger partial charge in [0, 0.05) is 6.07 Å². The summed E-state index contributed by atoms with van der Waals surface area (Å²) < 4.78 is 60.7. The van der Waals surface area contributed by atoms with Crippen molar-refractivity contribution in [2.75, 3.05) is 23.3 Å². The Hall–Kier alpha value is -3.46. The Morgan fingerprint density at radius 1 is 1.03 bits per heavy atom.